The highest BCUT2D eigenvalue weighted by Crippen LogP contribution is 2.19. The van der Waals surface area contributed by atoms with Gasteiger partial charge in [0.2, 0.25) is 5.91 Å². The molecule has 1 aromatic carbocycles. The van der Waals surface area contributed by atoms with Crippen molar-refractivity contribution in [3.05, 3.63) is 51.2 Å². The van der Waals surface area contributed by atoms with Gasteiger partial charge >= 0.3 is 0 Å². The molecule has 2 amide bonds. The second-order valence-electron chi connectivity index (χ2n) is 5.39. The monoisotopic (exact) mass is 316 g/mol. The molecule has 5 heteroatoms. The van der Waals surface area contributed by atoms with E-state index in [1.807, 2.05) is 50.4 Å². The number of rotatable bonds is 4. The summed E-state index contributed by atoms with van der Waals surface area (Å²) in [6.07, 6.45) is 0. The predicted octanol–water partition coefficient (Wildman–Crippen LogP) is 3.38. The zero-order valence-electron chi connectivity index (χ0n) is 13.3. The smallest absolute Gasteiger partial charge is 0.264 e. The standard InChI is InChI=1S/C17H20N2O2S/c1-11-6-5-7-14(13(11)3)18-15(20)10-19(4)17(21)16-12(2)8-9-22-16/h5-9H,10H2,1-4H3,(H,18,20). The molecule has 116 valence electrons. The number of hydrogen-bond acceptors (Lipinski definition) is 3. The third-order valence-corrected chi connectivity index (χ3v) is 4.67. The lowest BCUT2D eigenvalue weighted by Crippen LogP contribution is -2.34. The van der Waals surface area contributed by atoms with Gasteiger partial charge < -0.3 is 10.2 Å². The molecule has 2 rings (SSSR count). The Labute approximate surface area is 134 Å². The van der Waals surface area contributed by atoms with Crippen LogP contribution in [0, 0.1) is 20.8 Å². The van der Waals surface area contributed by atoms with Crippen molar-refractivity contribution in [2.24, 2.45) is 0 Å². The maximum Gasteiger partial charge on any atom is 0.264 e. The van der Waals surface area contributed by atoms with E-state index in [4.69, 9.17) is 0 Å². The number of anilines is 1. The third kappa shape index (κ3) is 3.54. The minimum atomic E-state index is -0.196. The van der Waals surface area contributed by atoms with Crippen molar-refractivity contribution in [1.29, 1.82) is 0 Å². The molecule has 0 radical (unpaired) electrons. The van der Waals surface area contributed by atoms with E-state index in [1.165, 1.54) is 16.2 Å². The molecule has 0 unspecified atom stereocenters. The number of hydrogen-bond donors (Lipinski definition) is 1. The molecule has 0 atom stereocenters. The van der Waals surface area contributed by atoms with E-state index in [2.05, 4.69) is 5.32 Å². The molecule has 0 saturated heterocycles. The summed E-state index contributed by atoms with van der Waals surface area (Å²) < 4.78 is 0. The largest absolute Gasteiger partial charge is 0.332 e. The number of likely N-dealkylation sites (N-methyl/N-ethyl adjacent to an activating group) is 1. The molecular formula is C17H20N2O2S. The van der Waals surface area contributed by atoms with Crippen molar-refractivity contribution in [3.8, 4) is 0 Å². The van der Waals surface area contributed by atoms with Gasteiger partial charge in [-0.15, -0.1) is 11.3 Å². The number of carbonyl (C=O) groups is 2. The zero-order chi connectivity index (χ0) is 16.3. The van der Waals surface area contributed by atoms with Crippen LogP contribution in [0.15, 0.2) is 29.6 Å². The van der Waals surface area contributed by atoms with E-state index in [0.29, 0.717) is 4.88 Å². The molecule has 0 aliphatic heterocycles. The van der Waals surface area contributed by atoms with Gasteiger partial charge in [0.15, 0.2) is 0 Å². The van der Waals surface area contributed by atoms with Crippen molar-refractivity contribution in [2.75, 3.05) is 18.9 Å². The Bertz CT molecular complexity index is 706. The second-order valence-corrected chi connectivity index (χ2v) is 6.31. The van der Waals surface area contributed by atoms with Crippen LogP contribution in [0.4, 0.5) is 5.69 Å². The SMILES string of the molecule is Cc1ccsc1C(=O)N(C)CC(=O)Nc1cccc(C)c1C. The quantitative estimate of drug-likeness (QED) is 0.940. The summed E-state index contributed by atoms with van der Waals surface area (Å²) in [6.45, 7) is 5.90. The summed E-state index contributed by atoms with van der Waals surface area (Å²) in [5, 5.41) is 4.75. The highest BCUT2D eigenvalue weighted by molar-refractivity contribution is 7.12. The molecule has 0 bridgehead atoms. The lowest BCUT2D eigenvalue weighted by molar-refractivity contribution is -0.116. The maximum atomic E-state index is 12.3. The first-order valence-electron chi connectivity index (χ1n) is 7.05. The fourth-order valence-electron chi connectivity index (χ4n) is 2.13. The third-order valence-electron chi connectivity index (χ3n) is 3.66. The summed E-state index contributed by atoms with van der Waals surface area (Å²) >= 11 is 1.40. The molecule has 1 N–H and O–H groups in total. The number of benzene rings is 1. The second kappa shape index (κ2) is 6.75. The van der Waals surface area contributed by atoms with E-state index in [0.717, 1.165) is 22.4 Å². The first-order valence-corrected chi connectivity index (χ1v) is 7.93. The number of aryl methyl sites for hydroxylation is 2. The zero-order valence-corrected chi connectivity index (χ0v) is 14.1. The van der Waals surface area contributed by atoms with Gasteiger partial charge in [-0.25, -0.2) is 0 Å². The lowest BCUT2D eigenvalue weighted by atomic mass is 10.1. The highest BCUT2D eigenvalue weighted by atomic mass is 32.1. The van der Waals surface area contributed by atoms with Crippen LogP contribution < -0.4 is 5.32 Å². The van der Waals surface area contributed by atoms with Crippen LogP contribution >= 0.6 is 11.3 Å². The Morgan fingerprint density at radius 1 is 1.14 bits per heavy atom. The Kier molecular flexibility index (Phi) is 4.98. The van der Waals surface area contributed by atoms with Gasteiger partial charge in [0.1, 0.15) is 0 Å². The highest BCUT2D eigenvalue weighted by Gasteiger charge is 2.18. The number of nitrogens with zero attached hydrogens (tertiary/aromatic N) is 1. The summed E-state index contributed by atoms with van der Waals surface area (Å²) in [4.78, 5) is 26.6. The Morgan fingerprint density at radius 3 is 2.50 bits per heavy atom. The van der Waals surface area contributed by atoms with E-state index in [1.54, 1.807) is 7.05 Å². The van der Waals surface area contributed by atoms with Crippen LogP contribution in [-0.4, -0.2) is 30.3 Å². The molecule has 0 aliphatic carbocycles. The summed E-state index contributed by atoms with van der Waals surface area (Å²) in [6, 6.07) is 7.68. The van der Waals surface area contributed by atoms with Crippen LogP contribution in [0.2, 0.25) is 0 Å². The Balaban J connectivity index is 2.01. The summed E-state index contributed by atoms with van der Waals surface area (Å²) in [5.74, 6) is -0.317. The molecule has 0 saturated carbocycles. The van der Waals surface area contributed by atoms with Crippen LogP contribution in [0.3, 0.4) is 0 Å². The average molecular weight is 316 g/mol. The van der Waals surface area contributed by atoms with Crippen LogP contribution in [0.5, 0.6) is 0 Å². The van der Waals surface area contributed by atoms with Gasteiger partial charge in [0.05, 0.1) is 11.4 Å². The summed E-state index contributed by atoms with van der Waals surface area (Å²) in [5.41, 5.74) is 3.89. The minimum Gasteiger partial charge on any atom is -0.332 e. The minimum absolute atomic E-state index is 0.0313. The molecule has 0 aliphatic rings. The average Bonchev–Trinajstić information content (AvgIpc) is 2.89. The predicted molar refractivity (Wildman–Crippen MR) is 90.6 cm³/mol. The molecule has 1 heterocycles. The van der Waals surface area contributed by atoms with E-state index >= 15 is 0 Å². The van der Waals surface area contributed by atoms with Gasteiger partial charge in [-0.3, -0.25) is 9.59 Å². The van der Waals surface area contributed by atoms with Crippen molar-refractivity contribution in [2.45, 2.75) is 20.8 Å². The van der Waals surface area contributed by atoms with E-state index < -0.39 is 0 Å². The van der Waals surface area contributed by atoms with Gasteiger partial charge in [0, 0.05) is 12.7 Å². The molecule has 2 aromatic rings. The summed E-state index contributed by atoms with van der Waals surface area (Å²) in [7, 11) is 1.64. The topological polar surface area (TPSA) is 49.4 Å². The molecule has 4 nitrogen and oxygen atoms in total. The fraction of sp³-hybridized carbons (Fsp3) is 0.294. The number of carbonyl (C=O) groups excluding carboxylic acids is 2. The van der Waals surface area contributed by atoms with Crippen LogP contribution in [-0.2, 0) is 4.79 Å². The number of thiophene rings is 1. The van der Waals surface area contributed by atoms with Crippen molar-refractivity contribution in [1.82, 2.24) is 4.90 Å². The molecule has 0 spiro atoms. The molecular weight excluding hydrogens is 296 g/mol. The number of amides is 2. The first-order chi connectivity index (χ1) is 10.4. The fourth-order valence-corrected chi connectivity index (χ4v) is 3.05. The Hall–Kier alpha value is -2.14. The van der Waals surface area contributed by atoms with Crippen molar-refractivity contribution >= 4 is 28.8 Å². The molecule has 1 aromatic heterocycles. The van der Waals surface area contributed by atoms with E-state index in [-0.39, 0.29) is 18.4 Å². The number of nitrogens with one attached hydrogen (secondary N) is 1. The lowest BCUT2D eigenvalue weighted by Gasteiger charge is -2.17. The molecule has 22 heavy (non-hydrogen) atoms. The van der Waals surface area contributed by atoms with Gasteiger partial charge in [0.25, 0.3) is 5.91 Å². The van der Waals surface area contributed by atoms with E-state index in [9.17, 15) is 9.59 Å². The van der Waals surface area contributed by atoms with Crippen LogP contribution in [0.25, 0.3) is 0 Å². The normalized spacial score (nSPS) is 10.4. The van der Waals surface area contributed by atoms with Gasteiger partial charge in [-0.2, -0.15) is 0 Å². The van der Waals surface area contributed by atoms with Crippen molar-refractivity contribution in [3.63, 3.8) is 0 Å². The first kappa shape index (κ1) is 16.2. The van der Waals surface area contributed by atoms with Gasteiger partial charge in [-0.1, -0.05) is 12.1 Å². The Morgan fingerprint density at radius 2 is 1.86 bits per heavy atom. The van der Waals surface area contributed by atoms with Gasteiger partial charge in [-0.05, 0) is 55.0 Å². The van der Waals surface area contributed by atoms with Crippen molar-refractivity contribution < 1.29 is 9.59 Å². The molecule has 0 fully saturated rings. The maximum absolute atomic E-state index is 12.3. The van der Waals surface area contributed by atoms with Crippen LogP contribution in [0.1, 0.15) is 26.4 Å².